The standard InChI is InChI=1S/C14H17N3/c1-11-16-13-9-15-8-7-14(13)17(11)10-12-5-3-2-4-6-12/h2-6,15H,7-10H2,1H3. The molecule has 88 valence electrons. The summed E-state index contributed by atoms with van der Waals surface area (Å²) in [5.74, 6) is 1.13. The van der Waals surface area contributed by atoms with Gasteiger partial charge in [0.05, 0.1) is 5.69 Å². The van der Waals surface area contributed by atoms with Gasteiger partial charge in [0.2, 0.25) is 0 Å². The highest BCUT2D eigenvalue weighted by molar-refractivity contribution is 5.23. The van der Waals surface area contributed by atoms with Crippen molar-refractivity contribution in [1.82, 2.24) is 14.9 Å². The van der Waals surface area contributed by atoms with Crippen molar-refractivity contribution >= 4 is 0 Å². The SMILES string of the molecule is Cc1nc2c(n1Cc1ccccc1)CCNC2. The zero-order valence-electron chi connectivity index (χ0n) is 10.1. The molecule has 1 N–H and O–H groups in total. The number of aryl methyl sites for hydroxylation is 1. The average Bonchev–Trinajstić information content (AvgIpc) is 2.68. The van der Waals surface area contributed by atoms with Crippen LogP contribution in [0.1, 0.15) is 22.8 Å². The predicted octanol–water partition coefficient (Wildman–Crippen LogP) is 1.89. The monoisotopic (exact) mass is 227 g/mol. The van der Waals surface area contributed by atoms with E-state index in [0.29, 0.717) is 0 Å². The predicted molar refractivity (Wildman–Crippen MR) is 67.9 cm³/mol. The van der Waals surface area contributed by atoms with Crippen molar-refractivity contribution in [2.75, 3.05) is 6.54 Å². The highest BCUT2D eigenvalue weighted by atomic mass is 15.1. The van der Waals surface area contributed by atoms with Crippen LogP contribution in [0.4, 0.5) is 0 Å². The summed E-state index contributed by atoms with van der Waals surface area (Å²) < 4.78 is 2.35. The van der Waals surface area contributed by atoms with Crippen molar-refractivity contribution in [1.29, 1.82) is 0 Å². The van der Waals surface area contributed by atoms with E-state index in [0.717, 1.165) is 31.9 Å². The van der Waals surface area contributed by atoms with Gasteiger partial charge in [0, 0.05) is 31.7 Å². The number of fused-ring (bicyclic) bond motifs is 1. The summed E-state index contributed by atoms with van der Waals surface area (Å²) >= 11 is 0. The molecule has 0 saturated heterocycles. The van der Waals surface area contributed by atoms with Crippen LogP contribution >= 0.6 is 0 Å². The first kappa shape index (κ1) is 10.5. The van der Waals surface area contributed by atoms with Gasteiger partial charge < -0.3 is 9.88 Å². The van der Waals surface area contributed by atoms with E-state index in [-0.39, 0.29) is 0 Å². The zero-order valence-corrected chi connectivity index (χ0v) is 10.1. The Morgan fingerprint density at radius 1 is 1.29 bits per heavy atom. The minimum Gasteiger partial charge on any atom is -0.327 e. The van der Waals surface area contributed by atoms with E-state index in [9.17, 15) is 0 Å². The van der Waals surface area contributed by atoms with Crippen molar-refractivity contribution in [2.24, 2.45) is 0 Å². The van der Waals surface area contributed by atoms with E-state index in [1.54, 1.807) is 0 Å². The first-order chi connectivity index (χ1) is 8.34. The molecular formula is C14H17N3. The summed E-state index contributed by atoms with van der Waals surface area (Å²) in [6.45, 7) is 5.02. The lowest BCUT2D eigenvalue weighted by Gasteiger charge is -2.15. The van der Waals surface area contributed by atoms with Gasteiger partial charge in [-0.1, -0.05) is 30.3 Å². The molecule has 0 radical (unpaired) electrons. The molecule has 1 aliphatic rings. The van der Waals surface area contributed by atoms with Crippen LogP contribution in [0.2, 0.25) is 0 Å². The van der Waals surface area contributed by atoms with Crippen molar-refractivity contribution < 1.29 is 0 Å². The maximum absolute atomic E-state index is 4.65. The molecule has 1 aromatic carbocycles. The van der Waals surface area contributed by atoms with Gasteiger partial charge in [0.25, 0.3) is 0 Å². The van der Waals surface area contributed by atoms with Crippen LogP contribution < -0.4 is 5.32 Å². The topological polar surface area (TPSA) is 29.9 Å². The van der Waals surface area contributed by atoms with Crippen LogP contribution in [-0.4, -0.2) is 16.1 Å². The Morgan fingerprint density at radius 2 is 2.12 bits per heavy atom. The van der Waals surface area contributed by atoms with Crippen molar-refractivity contribution in [3.8, 4) is 0 Å². The van der Waals surface area contributed by atoms with Crippen molar-refractivity contribution in [3.05, 3.63) is 53.1 Å². The van der Waals surface area contributed by atoms with Gasteiger partial charge in [-0.25, -0.2) is 4.98 Å². The molecule has 2 heterocycles. The Bertz CT molecular complexity index is 514. The number of benzene rings is 1. The lowest BCUT2D eigenvalue weighted by atomic mass is 10.1. The van der Waals surface area contributed by atoms with Crippen LogP contribution in [-0.2, 0) is 19.5 Å². The molecule has 0 spiro atoms. The number of nitrogens with one attached hydrogen (secondary N) is 1. The molecule has 3 heteroatoms. The first-order valence-electron chi connectivity index (χ1n) is 6.14. The Hall–Kier alpha value is -1.61. The minimum absolute atomic E-state index is 0.915. The van der Waals surface area contributed by atoms with E-state index in [4.69, 9.17) is 0 Å². The third-order valence-corrected chi connectivity index (χ3v) is 3.36. The molecular weight excluding hydrogens is 210 g/mol. The molecule has 0 unspecified atom stereocenters. The van der Waals surface area contributed by atoms with Gasteiger partial charge in [-0.2, -0.15) is 0 Å². The number of rotatable bonds is 2. The molecule has 0 saturated carbocycles. The zero-order chi connectivity index (χ0) is 11.7. The number of hydrogen-bond acceptors (Lipinski definition) is 2. The second-order valence-electron chi connectivity index (χ2n) is 4.55. The highest BCUT2D eigenvalue weighted by Gasteiger charge is 2.17. The lowest BCUT2D eigenvalue weighted by Crippen LogP contribution is -2.25. The van der Waals surface area contributed by atoms with E-state index >= 15 is 0 Å². The van der Waals surface area contributed by atoms with Crippen LogP contribution in [0.3, 0.4) is 0 Å². The maximum Gasteiger partial charge on any atom is 0.106 e. The molecule has 3 rings (SSSR count). The molecule has 1 aliphatic heterocycles. The van der Waals surface area contributed by atoms with E-state index in [1.807, 2.05) is 0 Å². The summed E-state index contributed by atoms with van der Waals surface area (Å²) in [6.07, 6.45) is 1.09. The summed E-state index contributed by atoms with van der Waals surface area (Å²) in [4.78, 5) is 4.65. The molecule has 1 aromatic heterocycles. The average molecular weight is 227 g/mol. The fraction of sp³-hybridized carbons (Fsp3) is 0.357. The molecule has 17 heavy (non-hydrogen) atoms. The summed E-state index contributed by atoms with van der Waals surface area (Å²) in [7, 11) is 0. The van der Waals surface area contributed by atoms with Crippen molar-refractivity contribution in [3.63, 3.8) is 0 Å². The molecule has 2 aromatic rings. The van der Waals surface area contributed by atoms with Crippen LogP contribution in [0.15, 0.2) is 30.3 Å². The molecule has 0 fully saturated rings. The molecule has 3 nitrogen and oxygen atoms in total. The quantitative estimate of drug-likeness (QED) is 0.849. The van der Waals surface area contributed by atoms with Gasteiger partial charge in [0.1, 0.15) is 5.82 Å². The fourth-order valence-corrected chi connectivity index (χ4v) is 2.48. The largest absolute Gasteiger partial charge is 0.327 e. The van der Waals surface area contributed by atoms with E-state index in [1.165, 1.54) is 17.0 Å². The summed E-state index contributed by atoms with van der Waals surface area (Å²) in [5.41, 5.74) is 3.98. The van der Waals surface area contributed by atoms with Gasteiger partial charge in [0.15, 0.2) is 0 Å². The minimum atomic E-state index is 0.915. The number of hydrogen-bond donors (Lipinski definition) is 1. The van der Waals surface area contributed by atoms with Crippen molar-refractivity contribution in [2.45, 2.75) is 26.4 Å². The highest BCUT2D eigenvalue weighted by Crippen LogP contribution is 2.17. The Morgan fingerprint density at radius 3 is 2.94 bits per heavy atom. The molecule has 0 atom stereocenters. The summed E-state index contributed by atoms with van der Waals surface area (Å²) in [6, 6.07) is 10.6. The van der Waals surface area contributed by atoms with Crippen LogP contribution in [0.5, 0.6) is 0 Å². The second-order valence-corrected chi connectivity index (χ2v) is 4.55. The smallest absolute Gasteiger partial charge is 0.106 e. The number of imidazole rings is 1. The van der Waals surface area contributed by atoms with Gasteiger partial charge >= 0.3 is 0 Å². The normalized spacial score (nSPS) is 14.6. The Kier molecular flexibility index (Phi) is 2.69. The number of nitrogens with zero attached hydrogens (tertiary/aromatic N) is 2. The van der Waals surface area contributed by atoms with Gasteiger partial charge in [-0.3, -0.25) is 0 Å². The third-order valence-electron chi connectivity index (χ3n) is 3.36. The maximum atomic E-state index is 4.65. The van der Waals surface area contributed by atoms with Gasteiger partial charge in [-0.15, -0.1) is 0 Å². The third kappa shape index (κ3) is 1.98. The van der Waals surface area contributed by atoms with E-state index < -0.39 is 0 Å². The molecule has 0 bridgehead atoms. The molecule has 0 aliphatic carbocycles. The fourth-order valence-electron chi connectivity index (χ4n) is 2.48. The molecule has 0 amide bonds. The second kappa shape index (κ2) is 4.34. The Balaban J connectivity index is 1.95. The lowest BCUT2D eigenvalue weighted by molar-refractivity contribution is 0.600. The van der Waals surface area contributed by atoms with Crippen LogP contribution in [0, 0.1) is 6.92 Å². The van der Waals surface area contributed by atoms with Crippen LogP contribution in [0.25, 0.3) is 0 Å². The number of aromatic nitrogens is 2. The van der Waals surface area contributed by atoms with Gasteiger partial charge in [-0.05, 0) is 12.5 Å². The first-order valence-corrected chi connectivity index (χ1v) is 6.14. The Labute approximate surface area is 101 Å². The summed E-state index contributed by atoms with van der Waals surface area (Å²) in [5, 5.41) is 3.37. The van der Waals surface area contributed by atoms with E-state index in [2.05, 4.69) is 52.1 Å².